The number of nitrogens with one attached hydrogen (secondary N) is 2. The average Bonchev–Trinajstić information content (AvgIpc) is 3.27. The van der Waals surface area contributed by atoms with E-state index in [1.165, 1.54) is 0 Å². The molecule has 1 aromatic heterocycles. The number of allylic oxidation sites excluding steroid dienone is 1. The second-order valence-corrected chi connectivity index (χ2v) is 13.4. The second-order valence-electron chi connectivity index (χ2n) is 13.4. The van der Waals surface area contributed by atoms with Crippen LogP contribution in [0.15, 0.2) is 200 Å². The van der Waals surface area contributed by atoms with Crippen LogP contribution in [0, 0.1) is 5.41 Å². The highest BCUT2D eigenvalue weighted by Gasteiger charge is 2.26. The molecule has 4 heteroatoms. The van der Waals surface area contributed by atoms with E-state index in [1.54, 1.807) is 0 Å². The number of benzene rings is 7. The van der Waals surface area contributed by atoms with Crippen LogP contribution in [-0.4, -0.2) is 15.7 Å². The SMILES string of the molecule is N=C(/C(=C1\NC(c2ccccc2)=Cc2cccc(-c3ccc(-c4nc(-c5ccccc5)cc(-c5ccccc5)n4)cc3)c21)c1ccccc1)c1ccccc1. The number of hydrogen-bond acceptors (Lipinski definition) is 4. The van der Waals surface area contributed by atoms with E-state index in [1.807, 2.05) is 91.0 Å². The van der Waals surface area contributed by atoms with Gasteiger partial charge in [0.25, 0.3) is 0 Å². The first kappa shape index (κ1) is 33.4. The molecule has 55 heavy (non-hydrogen) atoms. The molecule has 9 rings (SSSR count). The third-order valence-corrected chi connectivity index (χ3v) is 9.94. The highest BCUT2D eigenvalue weighted by Crippen LogP contribution is 2.41. The van der Waals surface area contributed by atoms with Gasteiger partial charge < -0.3 is 5.32 Å². The van der Waals surface area contributed by atoms with Crippen molar-refractivity contribution in [2.45, 2.75) is 0 Å². The summed E-state index contributed by atoms with van der Waals surface area (Å²) in [6.45, 7) is 0. The van der Waals surface area contributed by atoms with E-state index in [0.717, 1.165) is 84.0 Å². The van der Waals surface area contributed by atoms with E-state index in [-0.39, 0.29) is 0 Å². The summed E-state index contributed by atoms with van der Waals surface area (Å²) < 4.78 is 0. The van der Waals surface area contributed by atoms with E-state index < -0.39 is 0 Å². The van der Waals surface area contributed by atoms with Gasteiger partial charge in [-0.1, -0.05) is 194 Å². The van der Waals surface area contributed by atoms with E-state index in [2.05, 4.69) is 121 Å². The minimum atomic E-state index is 0.448. The monoisotopic (exact) mass is 704 g/mol. The van der Waals surface area contributed by atoms with Gasteiger partial charge in [-0.3, -0.25) is 5.41 Å². The Hall–Kier alpha value is -7.43. The second kappa shape index (κ2) is 14.9. The normalized spacial score (nSPS) is 12.9. The maximum Gasteiger partial charge on any atom is 0.160 e. The molecule has 2 N–H and O–H groups in total. The fourth-order valence-electron chi connectivity index (χ4n) is 7.22. The van der Waals surface area contributed by atoms with Gasteiger partial charge in [-0.15, -0.1) is 0 Å². The summed E-state index contributed by atoms with van der Waals surface area (Å²) in [6.07, 6.45) is 2.22. The van der Waals surface area contributed by atoms with Crippen LogP contribution in [0.1, 0.15) is 27.8 Å². The molecular formula is C51H36N4. The van der Waals surface area contributed by atoms with Crippen molar-refractivity contribution in [2.75, 3.05) is 0 Å². The van der Waals surface area contributed by atoms with Crippen LogP contribution in [0.5, 0.6) is 0 Å². The van der Waals surface area contributed by atoms with Gasteiger partial charge in [0.05, 0.1) is 22.8 Å². The molecule has 1 aliphatic heterocycles. The van der Waals surface area contributed by atoms with Crippen molar-refractivity contribution in [3.8, 4) is 45.0 Å². The van der Waals surface area contributed by atoms with Gasteiger partial charge >= 0.3 is 0 Å². The summed E-state index contributed by atoms with van der Waals surface area (Å²) in [5.41, 5.74) is 15.1. The van der Waals surface area contributed by atoms with Crippen molar-refractivity contribution in [3.05, 3.63) is 228 Å². The lowest BCUT2D eigenvalue weighted by atomic mass is 9.84. The molecule has 2 heterocycles. The molecule has 0 aliphatic carbocycles. The predicted molar refractivity (Wildman–Crippen MR) is 228 cm³/mol. The van der Waals surface area contributed by atoms with Gasteiger partial charge in [0.2, 0.25) is 0 Å². The van der Waals surface area contributed by atoms with Gasteiger partial charge in [0.15, 0.2) is 5.82 Å². The molecule has 0 atom stereocenters. The van der Waals surface area contributed by atoms with E-state index in [4.69, 9.17) is 9.97 Å². The molecule has 260 valence electrons. The van der Waals surface area contributed by atoms with Gasteiger partial charge in [-0.2, -0.15) is 0 Å². The van der Waals surface area contributed by atoms with Crippen molar-refractivity contribution in [3.63, 3.8) is 0 Å². The Morgan fingerprint density at radius 3 is 1.49 bits per heavy atom. The lowest BCUT2D eigenvalue weighted by Crippen LogP contribution is -2.21. The smallest absolute Gasteiger partial charge is 0.160 e. The zero-order chi connectivity index (χ0) is 37.0. The lowest BCUT2D eigenvalue weighted by Gasteiger charge is -2.28. The molecule has 0 radical (unpaired) electrons. The zero-order valence-corrected chi connectivity index (χ0v) is 30.0. The Kier molecular flexibility index (Phi) is 9.05. The summed E-state index contributed by atoms with van der Waals surface area (Å²) in [5, 5.41) is 13.5. The maximum atomic E-state index is 9.70. The summed E-state index contributed by atoms with van der Waals surface area (Å²) in [4.78, 5) is 10.1. The summed E-state index contributed by atoms with van der Waals surface area (Å²) >= 11 is 0. The molecule has 0 bridgehead atoms. The molecule has 8 aromatic rings. The van der Waals surface area contributed by atoms with Gasteiger partial charge in [0.1, 0.15) is 0 Å². The standard InChI is InChI=1S/C51H36N4/c52-49(40-25-14-5-15-26-40)48(39-23-12-4-13-24-39)50-47-42(33-44(53-50)36-17-6-1-7-18-36)27-16-28-43(47)35-29-31-41(32-30-35)51-54-45(37-19-8-2-9-20-37)34-46(55-51)38-21-10-3-11-22-38/h1-34,52-53H/b50-48-,52-49?. The molecule has 0 saturated heterocycles. The van der Waals surface area contributed by atoms with E-state index >= 15 is 0 Å². The van der Waals surface area contributed by atoms with Crippen LogP contribution in [-0.2, 0) is 0 Å². The molecule has 0 saturated carbocycles. The quantitative estimate of drug-likeness (QED) is 0.155. The topological polar surface area (TPSA) is 61.7 Å². The van der Waals surface area contributed by atoms with Crippen LogP contribution < -0.4 is 5.32 Å². The molecule has 0 fully saturated rings. The lowest BCUT2D eigenvalue weighted by molar-refractivity contribution is 1.18. The van der Waals surface area contributed by atoms with Crippen molar-refractivity contribution < 1.29 is 0 Å². The fourth-order valence-corrected chi connectivity index (χ4v) is 7.22. The minimum absolute atomic E-state index is 0.448. The fraction of sp³-hybridized carbons (Fsp3) is 0. The zero-order valence-electron chi connectivity index (χ0n) is 30.0. The summed E-state index contributed by atoms with van der Waals surface area (Å²) in [7, 11) is 0. The Morgan fingerprint density at radius 1 is 0.436 bits per heavy atom. The Labute approximate surface area is 321 Å². The highest BCUT2D eigenvalue weighted by molar-refractivity contribution is 6.36. The molecule has 7 aromatic carbocycles. The molecule has 0 spiro atoms. The van der Waals surface area contributed by atoms with Crippen LogP contribution in [0.25, 0.3) is 68.1 Å². The molecule has 0 unspecified atom stereocenters. The van der Waals surface area contributed by atoms with Crippen molar-refractivity contribution in [2.24, 2.45) is 0 Å². The Bertz CT molecular complexity index is 2630. The number of fused-ring (bicyclic) bond motifs is 1. The van der Waals surface area contributed by atoms with Crippen LogP contribution in [0.4, 0.5) is 0 Å². The largest absolute Gasteiger partial charge is 0.354 e. The number of aromatic nitrogens is 2. The maximum absolute atomic E-state index is 9.70. The third-order valence-electron chi connectivity index (χ3n) is 9.94. The first-order chi connectivity index (χ1) is 27.2. The summed E-state index contributed by atoms with van der Waals surface area (Å²) in [5.74, 6) is 0.669. The number of hydrogen-bond donors (Lipinski definition) is 2. The highest BCUT2D eigenvalue weighted by atomic mass is 14.9. The van der Waals surface area contributed by atoms with E-state index in [9.17, 15) is 5.41 Å². The molecule has 1 aliphatic rings. The average molecular weight is 705 g/mol. The molecular weight excluding hydrogens is 669 g/mol. The van der Waals surface area contributed by atoms with Gasteiger partial charge in [-0.05, 0) is 40.0 Å². The first-order valence-corrected chi connectivity index (χ1v) is 18.4. The third kappa shape index (κ3) is 6.81. The Morgan fingerprint density at radius 2 is 0.927 bits per heavy atom. The van der Waals surface area contributed by atoms with Crippen molar-refractivity contribution in [1.82, 2.24) is 15.3 Å². The van der Waals surface area contributed by atoms with Crippen molar-refractivity contribution >= 4 is 28.8 Å². The minimum Gasteiger partial charge on any atom is -0.354 e. The van der Waals surface area contributed by atoms with E-state index in [0.29, 0.717) is 11.5 Å². The Balaban J connectivity index is 1.21. The van der Waals surface area contributed by atoms with Crippen LogP contribution >= 0.6 is 0 Å². The molecule has 4 nitrogen and oxygen atoms in total. The summed E-state index contributed by atoms with van der Waals surface area (Å²) in [6, 6.07) is 68.2. The molecule has 0 amide bonds. The number of rotatable bonds is 8. The van der Waals surface area contributed by atoms with Crippen LogP contribution in [0.3, 0.4) is 0 Å². The predicted octanol–water partition coefficient (Wildman–Crippen LogP) is 12.2. The first-order valence-electron chi connectivity index (χ1n) is 18.4. The van der Waals surface area contributed by atoms with Crippen LogP contribution in [0.2, 0.25) is 0 Å². The van der Waals surface area contributed by atoms with Gasteiger partial charge in [0, 0.05) is 39.1 Å². The van der Waals surface area contributed by atoms with Crippen molar-refractivity contribution in [1.29, 1.82) is 5.41 Å². The number of nitrogens with zero attached hydrogens (tertiary/aromatic N) is 2. The van der Waals surface area contributed by atoms with Gasteiger partial charge in [-0.25, -0.2) is 9.97 Å².